The highest BCUT2D eigenvalue weighted by molar-refractivity contribution is 6.05. The Kier molecular flexibility index (Phi) is 6.11. The molecule has 0 aromatic heterocycles. The monoisotopic (exact) mass is 396 g/mol. The largest absolute Gasteiger partial charge is 0.494 e. The van der Waals surface area contributed by atoms with E-state index in [1.165, 1.54) is 0 Å². The first kappa shape index (κ1) is 20.7. The van der Waals surface area contributed by atoms with Gasteiger partial charge in [0.25, 0.3) is 5.91 Å². The van der Waals surface area contributed by atoms with Crippen molar-refractivity contribution >= 4 is 23.2 Å². The summed E-state index contributed by atoms with van der Waals surface area (Å²) in [6.07, 6.45) is 0.845. The summed E-state index contributed by atoms with van der Waals surface area (Å²) in [5, 5.41) is 2.90. The van der Waals surface area contributed by atoms with Gasteiger partial charge in [-0.25, -0.2) is 0 Å². The van der Waals surface area contributed by atoms with E-state index in [0.717, 1.165) is 17.9 Å². The molecule has 2 aromatic rings. The van der Waals surface area contributed by atoms with Crippen molar-refractivity contribution in [2.45, 2.75) is 34.1 Å². The fourth-order valence-corrected chi connectivity index (χ4v) is 3.24. The average molecular weight is 396 g/mol. The Labute approximate surface area is 171 Å². The van der Waals surface area contributed by atoms with Gasteiger partial charge in [-0.15, -0.1) is 0 Å². The molecule has 29 heavy (non-hydrogen) atoms. The third-order valence-corrected chi connectivity index (χ3v) is 4.80. The quantitative estimate of drug-likeness (QED) is 0.781. The first-order chi connectivity index (χ1) is 13.9. The molecule has 0 radical (unpaired) electrons. The Bertz CT molecular complexity index is 890. The second-order valence-corrected chi connectivity index (χ2v) is 7.72. The van der Waals surface area contributed by atoms with Gasteiger partial charge < -0.3 is 19.7 Å². The van der Waals surface area contributed by atoms with E-state index in [1.54, 1.807) is 41.3 Å². The molecule has 1 N–H and O–H groups in total. The van der Waals surface area contributed by atoms with Gasteiger partial charge in [0, 0.05) is 23.9 Å². The predicted molar refractivity (Wildman–Crippen MR) is 114 cm³/mol. The third-order valence-electron chi connectivity index (χ3n) is 4.80. The lowest BCUT2D eigenvalue weighted by Crippen LogP contribution is -2.42. The molecule has 0 saturated heterocycles. The normalized spacial score (nSPS) is 15.2. The second-order valence-electron chi connectivity index (χ2n) is 7.72. The zero-order valence-corrected chi connectivity index (χ0v) is 17.5. The molecule has 0 fully saturated rings. The van der Waals surface area contributed by atoms with Gasteiger partial charge in [-0.2, -0.15) is 0 Å². The molecule has 6 heteroatoms. The molecule has 0 bridgehead atoms. The predicted octanol–water partition coefficient (Wildman–Crippen LogP) is 4.50. The van der Waals surface area contributed by atoms with Crippen LogP contribution >= 0.6 is 0 Å². The molecule has 1 heterocycles. The number of ether oxygens (including phenoxy) is 2. The average Bonchev–Trinajstić information content (AvgIpc) is 2.79. The molecule has 1 aliphatic heterocycles. The topological polar surface area (TPSA) is 67.9 Å². The molecule has 0 spiro atoms. The van der Waals surface area contributed by atoms with Crippen LogP contribution in [0.5, 0.6) is 11.5 Å². The minimum absolute atomic E-state index is 0.0456. The van der Waals surface area contributed by atoms with E-state index >= 15 is 0 Å². The number of fused-ring (bicyclic) bond motifs is 1. The van der Waals surface area contributed by atoms with E-state index in [-0.39, 0.29) is 18.4 Å². The van der Waals surface area contributed by atoms with Crippen LogP contribution in [0.15, 0.2) is 42.5 Å². The highest BCUT2D eigenvalue weighted by Crippen LogP contribution is 2.38. The van der Waals surface area contributed by atoms with Crippen molar-refractivity contribution in [1.29, 1.82) is 0 Å². The molecule has 6 nitrogen and oxygen atoms in total. The van der Waals surface area contributed by atoms with Crippen LogP contribution in [0, 0.1) is 5.41 Å². The molecular formula is C23H28N2O4. The maximum atomic E-state index is 12.9. The van der Waals surface area contributed by atoms with Crippen LogP contribution in [0.1, 0.15) is 44.5 Å². The van der Waals surface area contributed by atoms with Gasteiger partial charge in [0.15, 0.2) is 0 Å². The van der Waals surface area contributed by atoms with Crippen molar-refractivity contribution in [1.82, 2.24) is 0 Å². The maximum Gasteiger partial charge on any atom is 0.255 e. The van der Waals surface area contributed by atoms with Crippen molar-refractivity contribution in [3.63, 3.8) is 0 Å². The summed E-state index contributed by atoms with van der Waals surface area (Å²) in [5.41, 5.74) is 1.28. The van der Waals surface area contributed by atoms with Gasteiger partial charge in [-0.3, -0.25) is 9.59 Å². The summed E-state index contributed by atoms with van der Waals surface area (Å²) in [5.74, 6) is 1.15. The van der Waals surface area contributed by atoms with Crippen molar-refractivity contribution in [2.24, 2.45) is 5.41 Å². The molecule has 0 aliphatic carbocycles. The molecule has 1 aliphatic rings. The standard InChI is InChI=1S/C23H28N2O4/c1-5-13-25-19-12-9-17(14-20(19)29-15-23(3,4)22(25)27)24-21(26)16-7-10-18(11-8-16)28-6-2/h7-12,14H,5-6,13,15H2,1-4H3,(H,24,26). The number of carbonyl (C=O) groups excluding carboxylic acids is 2. The number of benzene rings is 2. The van der Waals surface area contributed by atoms with E-state index in [9.17, 15) is 9.59 Å². The van der Waals surface area contributed by atoms with Gasteiger partial charge in [0.05, 0.1) is 17.7 Å². The molecule has 0 saturated carbocycles. The van der Waals surface area contributed by atoms with E-state index < -0.39 is 5.41 Å². The minimum Gasteiger partial charge on any atom is -0.494 e. The zero-order chi connectivity index (χ0) is 21.0. The van der Waals surface area contributed by atoms with Gasteiger partial charge >= 0.3 is 0 Å². The Morgan fingerprint density at radius 1 is 1.17 bits per heavy atom. The zero-order valence-electron chi connectivity index (χ0n) is 17.5. The number of hydrogen-bond acceptors (Lipinski definition) is 4. The van der Waals surface area contributed by atoms with Crippen LogP contribution < -0.4 is 19.7 Å². The number of hydrogen-bond donors (Lipinski definition) is 1. The van der Waals surface area contributed by atoms with Crippen LogP contribution in [0.4, 0.5) is 11.4 Å². The van der Waals surface area contributed by atoms with E-state index in [1.807, 2.05) is 33.8 Å². The fraction of sp³-hybridized carbons (Fsp3) is 0.391. The highest BCUT2D eigenvalue weighted by Gasteiger charge is 2.37. The maximum absolute atomic E-state index is 12.9. The van der Waals surface area contributed by atoms with E-state index in [4.69, 9.17) is 9.47 Å². The minimum atomic E-state index is -0.611. The molecular weight excluding hydrogens is 368 g/mol. The van der Waals surface area contributed by atoms with Crippen molar-refractivity contribution in [3.8, 4) is 11.5 Å². The third kappa shape index (κ3) is 4.53. The summed E-state index contributed by atoms with van der Waals surface area (Å²) < 4.78 is 11.4. The van der Waals surface area contributed by atoms with Gasteiger partial charge in [0.2, 0.25) is 5.91 Å². The number of nitrogens with one attached hydrogen (secondary N) is 1. The van der Waals surface area contributed by atoms with Crippen molar-refractivity contribution in [2.75, 3.05) is 30.0 Å². The number of amides is 2. The molecule has 154 valence electrons. The second kappa shape index (κ2) is 8.55. The Hall–Kier alpha value is -3.02. The van der Waals surface area contributed by atoms with Gasteiger partial charge in [-0.05, 0) is 63.6 Å². The Balaban J connectivity index is 1.82. The van der Waals surface area contributed by atoms with Crippen LogP contribution in [0.25, 0.3) is 0 Å². The van der Waals surface area contributed by atoms with Crippen molar-refractivity contribution in [3.05, 3.63) is 48.0 Å². The first-order valence-electron chi connectivity index (χ1n) is 9.98. The number of nitrogens with zero attached hydrogens (tertiary/aromatic N) is 1. The summed E-state index contributed by atoms with van der Waals surface area (Å²) >= 11 is 0. The summed E-state index contributed by atoms with van der Waals surface area (Å²) in [6.45, 7) is 9.21. The van der Waals surface area contributed by atoms with Crippen LogP contribution in [0.3, 0.4) is 0 Å². The summed E-state index contributed by atoms with van der Waals surface area (Å²) in [6, 6.07) is 12.4. The molecule has 2 amide bonds. The van der Waals surface area contributed by atoms with Crippen LogP contribution in [-0.2, 0) is 4.79 Å². The van der Waals surface area contributed by atoms with E-state index in [0.29, 0.717) is 30.2 Å². The molecule has 3 rings (SSSR count). The number of rotatable bonds is 6. The van der Waals surface area contributed by atoms with Crippen molar-refractivity contribution < 1.29 is 19.1 Å². The van der Waals surface area contributed by atoms with E-state index in [2.05, 4.69) is 5.32 Å². The lowest BCUT2D eigenvalue weighted by Gasteiger charge is -2.27. The highest BCUT2D eigenvalue weighted by atomic mass is 16.5. The van der Waals surface area contributed by atoms with Crippen LogP contribution in [-0.4, -0.2) is 31.6 Å². The summed E-state index contributed by atoms with van der Waals surface area (Å²) in [7, 11) is 0. The van der Waals surface area contributed by atoms with Gasteiger partial charge in [-0.1, -0.05) is 6.92 Å². The lowest BCUT2D eigenvalue weighted by molar-refractivity contribution is -0.127. The molecule has 0 unspecified atom stereocenters. The first-order valence-corrected chi connectivity index (χ1v) is 9.98. The summed E-state index contributed by atoms with van der Waals surface area (Å²) in [4.78, 5) is 27.3. The number of anilines is 2. The molecule has 0 atom stereocenters. The smallest absolute Gasteiger partial charge is 0.255 e. The Morgan fingerprint density at radius 2 is 1.90 bits per heavy atom. The Morgan fingerprint density at radius 3 is 2.55 bits per heavy atom. The lowest BCUT2D eigenvalue weighted by atomic mass is 9.93. The van der Waals surface area contributed by atoms with Gasteiger partial charge in [0.1, 0.15) is 18.1 Å². The fourth-order valence-electron chi connectivity index (χ4n) is 3.24. The number of carbonyl (C=O) groups is 2. The molecule has 2 aromatic carbocycles. The van der Waals surface area contributed by atoms with Crippen LogP contribution in [0.2, 0.25) is 0 Å². The SMILES string of the molecule is CCCN1C(=O)C(C)(C)COc2cc(NC(=O)c3ccc(OCC)cc3)ccc21.